The summed E-state index contributed by atoms with van der Waals surface area (Å²) in [6, 6.07) is -0.440. The van der Waals surface area contributed by atoms with Gasteiger partial charge in [0.1, 0.15) is 12.0 Å². The van der Waals surface area contributed by atoms with Gasteiger partial charge in [0.05, 0.1) is 11.7 Å². The van der Waals surface area contributed by atoms with Gasteiger partial charge in [-0.3, -0.25) is 4.79 Å². The molecule has 6 heteroatoms. The van der Waals surface area contributed by atoms with E-state index < -0.39 is 18.2 Å². The highest BCUT2D eigenvalue weighted by molar-refractivity contribution is 5.78. The predicted octanol–water partition coefficient (Wildman–Crippen LogP) is 4.75. The van der Waals surface area contributed by atoms with Crippen molar-refractivity contribution in [2.75, 3.05) is 13.2 Å². The summed E-state index contributed by atoms with van der Waals surface area (Å²) in [6.07, 6.45) is 6.58. The Morgan fingerprint density at radius 1 is 1.20 bits per heavy atom. The van der Waals surface area contributed by atoms with Crippen LogP contribution in [0.15, 0.2) is 28.9 Å². The number of rotatable bonds is 14. The molecule has 0 fully saturated rings. The second-order valence-electron chi connectivity index (χ2n) is 11.4. The highest BCUT2D eigenvalue weighted by Gasteiger charge is 2.34. The van der Waals surface area contributed by atoms with E-state index in [1.165, 1.54) is 0 Å². The van der Waals surface area contributed by atoms with Gasteiger partial charge in [-0.2, -0.15) is 0 Å². The molecule has 0 aromatic heterocycles. The Morgan fingerprint density at radius 3 is 2.37 bits per heavy atom. The number of aliphatic hydroxyl groups is 1. The first-order chi connectivity index (χ1) is 16.4. The molecule has 0 aromatic carbocycles. The topological polar surface area (TPSA) is 102 Å². The first-order valence-corrected chi connectivity index (χ1v) is 13.4. The fourth-order valence-electron chi connectivity index (χ4n) is 4.60. The van der Waals surface area contributed by atoms with Crippen molar-refractivity contribution < 1.29 is 19.4 Å². The lowest BCUT2D eigenvalue weighted by molar-refractivity contribution is -0.125. The van der Waals surface area contributed by atoms with Crippen LogP contribution in [0.3, 0.4) is 0 Å². The van der Waals surface area contributed by atoms with Crippen LogP contribution < -0.4 is 11.1 Å². The summed E-state index contributed by atoms with van der Waals surface area (Å²) in [6.45, 7) is 17.6. The number of unbranched alkanes of at least 4 members (excludes halogenated alkanes) is 1. The molecule has 1 aliphatic rings. The smallest absolute Gasteiger partial charge is 0.222 e. The molecular formula is C29H50N2O4. The maximum atomic E-state index is 12.3. The predicted molar refractivity (Wildman–Crippen MR) is 143 cm³/mol. The zero-order chi connectivity index (χ0) is 26.8. The molecule has 0 spiro atoms. The quantitative estimate of drug-likeness (QED) is 0.241. The molecule has 35 heavy (non-hydrogen) atoms. The van der Waals surface area contributed by atoms with Gasteiger partial charge in [-0.1, -0.05) is 67.0 Å². The highest BCUT2D eigenvalue weighted by atomic mass is 16.5. The van der Waals surface area contributed by atoms with Crippen LogP contribution in [0.4, 0.5) is 0 Å². The number of allylic oxidation sites excluding steroid dienone is 2. The zero-order valence-corrected chi connectivity index (χ0v) is 23.3. The maximum Gasteiger partial charge on any atom is 0.222 e. The molecule has 0 saturated heterocycles. The molecule has 0 bridgehead atoms. The summed E-state index contributed by atoms with van der Waals surface area (Å²) in [5, 5.41) is 13.7. The lowest BCUT2D eigenvalue weighted by Crippen LogP contribution is -2.41. The molecule has 4 N–H and O–H groups in total. The Bertz CT molecular complexity index is 787. The van der Waals surface area contributed by atoms with Gasteiger partial charge < -0.3 is 20.9 Å². The number of amides is 1. The molecule has 1 aliphatic carbocycles. The second-order valence-corrected chi connectivity index (χ2v) is 11.4. The molecule has 0 radical (unpaired) electrons. The number of ether oxygens (including phenoxy) is 1. The minimum atomic E-state index is -0.760. The van der Waals surface area contributed by atoms with Crippen molar-refractivity contribution in [3.63, 3.8) is 0 Å². The molecule has 1 rings (SSSR count). The largest absolute Gasteiger partial charge is 0.391 e. The molecule has 0 unspecified atom stereocenters. The van der Waals surface area contributed by atoms with E-state index in [2.05, 4.69) is 58.9 Å². The van der Waals surface area contributed by atoms with Gasteiger partial charge >= 0.3 is 0 Å². The van der Waals surface area contributed by atoms with Gasteiger partial charge in [0.15, 0.2) is 0 Å². The van der Waals surface area contributed by atoms with Gasteiger partial charge in [0, 0.05) is 25.1 Å². The third-order valence-corrected chi connectivity index (χ3v) is 6.99. The Morgan fingerprint density at radius 2 is 1.86 bits per heavy atom. The fourth-order valence-corrected chi connectivity index (χ4v) is 4.60. The summed E-state index contributed by atoms with van der Waals surface area (Å²) >= 11 is 0. The summed E-state index contributed by atoms with van der Waals surface area (Å²) in [7, 11) is 0. The van der Waals surface area contributed by atoms with E-state index in [-0.39, 0.29) is 23.2 Å². The number of hydrogen-bond acceptors (Lipinski definition) is 5. The fraction of sp³-hybridized carbons (Fsp3) is 0.759. The van der Waals surface area contributed by atoms with Crippen LogP contribution in [0.2, 0.25) is 0 Å². The molecule has 0 heterocycles. The molecule has 6 nitrogen and oxygen atoms in total. The van der Waals surface area contributed by atoms with Gasteiger partial charge in [-0.15, -0.1) is 0 Å². The van der Waals surface area contributed by atoms with E-state index in [0.717, 1.165) is 30.4 Å². The molecule has 200 valence electrons. The Hall–Kier alpha value is -1.72. The average molecular weight is 491 g/mol. The Kier molecular flexibility index (Phi) is 13.2. The van der Waals surface area contributed by atoms with Crippen LogP contribution in [-0.4, -0.2) is 48.4 Å². The first kappa shape index (κ1) is 31.3. The van der Waals surface area contributed by atoms with Crippen molar-refractivity contribution in [1.82, 2.24) is 5.32 Å². The van der Waals surface area contributed by atoms with Crippen LogP contribution in [0.25, 0.3) is 0 Å². The maximum absolute atomic E-state index is 12.3. The van der Waals surface area contributed by atoms with Crippen LogP contribution >= 0.6 is 0 Å². The molecule has 5 atom stereocenters. The first-order valence-electron chi connectivity index (χ1n) is 13.4. The van der Waals surface area contributed by atoms with Gasteiger partial charge in [-0.05, 0) is 61.0 Å². The molecule has 0 aliphatic heterocycles. The average Bonchev–Trinajstić information content (AvgIpc) is 2.78. The third-order valence-electron chi connectivity index (χ3n) is 6.99. The summed E-state index contributed by atoms with van der Waals surface area (Å²) in [4.78, 5) is 24.3. The number of aliphatic hydroxyl groups excluding tert-OH is 1. The second kappa shape index (κ2) is 14.7. The minimum absolute atomic E-state index is 0.0355. The van der Waals surface area contributed by atoms with Gasteiger partial charge in [-0.25, -0.2) is 4.79 Å². The lowest BCUT2D eigenvalue weighted by Gasteiger charge is -2.35. The van der Waals surface area contributed by atoms with E-state index in [4.69, 9.17) is 10.5 Å². The third kappa shape index (κ3) is 9.69. The van der Waals surface area contributed by atoms with Crippen LogP contribution in [-0.2, 0) is 14.3 Å². The summed E-state index contributed by atoms with van der Waals surface area (Å²) < 4.78 is 6.04. The molecule has 0 saturated carbocycles. The van der Waals surface area contributed by atoms with Gasteiger partial charge in [0.2, 0.25) is 5.91 Å². The zero-order valence-electron chi connectivity index (χ0n) is 23.3. The van der Waals surface area contributed by atoms with Crippen LogP contribution in [0.1, 0.15) is 87.5 Å². The molecule has 0 aromatic rings. The van der Waals surface area contributed by atoms with E-state index in [1.807, 2.05) is 19.9 Å². The number of carbonyl (C=O) groups excluding carboxylic acids is 2. The SMILES string of the molecule is CCCCNC(=O)[C@H](C)C[C@H](O)[C@@H](N)C[C@H](CC1=CC=C(C(C)(C)C)C(=C=O)[C@H]1OCC)C(C)C. The normalized spacial score (nSPS) is 20.0. The van der Waals surface area contributed by atoms with Gasteiger partial charge in [0.25, 0.3) is 0 Å². The standard InChI is InChI=1S/C29H50N2O4/c1-9-11-14-31-28(34)20(5)15-26(33)25(30)17-22(19(3)4)16-21-12-13-24(29(6,7)8)23(18-32)27(21)35-10-2/h12-13,19-20,22,25-27,33H,9-11,14-17,30H2,1-8H3,(H,31,34)/t20-,22+,25+,26+,27+/m1/s1. The van der Waals surface area contributed by atoms with E-state index in [1.54, 1.807) is 0 Å². The van der Waals surface area contributed by atoms with Crippen molar-refractivity contribution in [2.24, 2.45) is 28.9 Å². The number of nitrogens with two attached hydrogens (primary N) is 1. The Labute approximate surface area is 213 Å². The number of carbonyl (C=O) groups is 1. The van der Waals surface area contributed by atoms with Crippen LogP contribution in [0.5, 0.6) is 0 Å². The molecular weight excluding hydrogens is 440 g/mol. The van der Waals surface area contributed by atoms with Crippen molar-refractivity contribution in [1.29, 1.82) is 0 Å². The minimum Gasteiger partial charge on any atom is -0.391 e. The van der Waals surface area contributed by atoms with Crippen molar-refractivity contribution in [3.8, 4) is 0 Å². The lowest BCUT2D eigenvalue weighted by atomic mass is 9.74. The van der Waals surface area contributed by atoms with E-state index in [9.17, 15) is 14.7 Å². The number of hydrogen-bond donors (Lipinski definition) is 3. The van der Waals surface area contributed by atoms with E-state index in [0.29, 0.717) is 37.5 Å². The molecule has 1 amide bonds. The Balaban J connectivity index is 2.95. The number of nitrogens with one attached hydrogen (secondary N) is 1. The highest BCUT2D eigenvalue weighted by Crippen LogP contribution is 2.40. The monoisotopic (exact) mass is 490 g/mol. The van der Waals surface area contributed by atoms with Crippen molar-refractivity contribution >= 4 is 11.8 Å². The van der Waals surface area contributed by atoms with Crippen molar-refractivity contribution in [2.45, 2.75) is 106 Å². The summed E-state index contributed by atoms with van der Waals surface area (Å²) in [5.41, 5.74) is 8.83. The van der Waals surface area contributed by atoms with E-state index >= 15 is 0 Å². The summed E-state index contributed by atoms with van der Waals surface area (Å²) in [5.74, 6) is 2.35. The van der Waals surface area contributed by atoms with Crippen LogP contribution in [0, 0.1) is 23.2 Å². The van der Waals surface area contributed by atoms with Crippen molar-refractivity contribution in [3.05, 3.63) is 28.9 Å².